The number of carbonyl (C=O) groups is 3. The number of carbonyl (C=O) groups excluding carboxylic acids is 3. The van der Waals surface area contributed by atoms with Crippen LogP contribution in [-0.2, 0) is 42.4 Å². The third-order valence-corrected chi connectivity index (χ3v) is 9.98. The molecule has 0 bridgehead atoms. The third-order valence-electron chi connectivity index (χ3n) is 8.36. The van der Waals surface area contributed by atoms with Crippen LogP contribution < -0.4 is 15.3 Å². The molecule has 288 valence electrons. The zero-order valence-corrected chi connectivity index (χ0v) is 31.4. The fourth-order valence-corrected chi connectivity index (χ4v) is 7.15. The maximum Gasteiger partial charge on any atom is 0.459 e. The molecule has 0 aromatic heterocycles. The summed E-state index contributed by atoms with van der Waals surface area (Å²) >= 11 is 0. The van der Waals surface area contributed by atoms with Crippen LogP contribution in [0.3, 0.4) is 0 Å². The van der Waals surface area contributed by atoms with E-state index in [4.69, 9.17) is 33.7 Å². The molecule has 1 saturated heterocycles. The standard InChI is InChI=1S/C34H49FN5O11P/c1-19(2)30(41)48-27-26(25-21(5)14-24-29(36)37-18-38-40(24)25)50-34(15-35,28(27)49-31(42)20(3)4)17-47-52(45,51-23-12-10-9-11-13-23)39-22(6)32(43)46-16-33(7,8)44/h9-14,18-22,25-28,44H,15-17H2,1-8H3,(H,39,45)(H2,36,37,38)/t21?,22-,25?,26-,27-,28-,34+,52?/m0/s1. The van der Waals surface area contributed by atoms with Gasteiger partial charge in [-0.05, 0) is 32.9 Å². The van der Waals surface area contributed by atoms with Gasteiger partial charge in [0.2, 0.25) is 0 Å². The van der Waals surface area contributed by atoms with E-state index in [0.29, 0.717) is 5.70 Å². The molecule has 3 unspecified atom stereocenters. The molecule has 3 aliphatic rings. The van der Waals surface area contributed by atoms with Gasteiger partial charge in [0.05, 0.1) is 35.8 Å². The summed E-state index contributed by atoms with van der Waals surface area (Å²) < 4.78 is 65.4. The number of hydrogen-bond acceptors (Lipinski definition) is 15. The lowest BCUT2D eigenvalue weighted by molar-refractivity contribution is -0.178. The third kappa shape index (κ3) is 9.55. The summed E-state index contributed by atoms with van der Waals surface area (Å²) in [6.07, 6.45) is -1.23. The average Bonchev–Trinajstić information content (AvgIpc) is 3.56. The molecule has 4 N–H and O–H groups in total. The lowest BCUT2D eigenvalue weighted by Crippen LogP contribution is -2.53. The maximum absolute atomic E-state index is 15.8. The van der Waals surface area contributed by atoms with Crippen molar-refractivity contribution in [1.29, 1.82) is 0 Å². The van der Waals surface area contributed by atoms with Crippen molar-refractivity contribution in [3.63, 3.8) is 0 Å². The number of amidine groups is 1. The minimum atomic E-state index is -4.64. The van der Waals surface area contributed by atoms with Gasteiger partial charge in [-0.2, -0.15) is 10.2 Å². The van der Waals surface area contributed by atoms with Crippen molar-refractivity contribution in [2.75, 3.05) is 19.9 Å². The Labute approximate surface area is 302 Å². The molecule has 18 heteroatoms. The van der Waals surface area contributed by atoms with Crippen molar-refractivity contribution in [2.24, 2.45) is 33.6 Å². The predicted octanol–water partition coefficient (Wildman–Crippen LogP) is 3.24. The number of halogens is 1. The summed E-state index contributed by atoms with van der Waals surface area (Å²) in [4.78, 5) is 43.3. The maximum atomic E-state index is 15.8. The minimum Gasteiger partial charge on any atom is -0.461 e. The van der Waals surface area contributed by atoms with Crippen LogP contribution in [0.2, 0.25) is 0 Å². The number of fused-ring (bicyclic) bond motifs is 1. The van der Waals surface area contributed by atoms with Gasteiger partial charge < -0.3 is 34.3 Å². The number of aliphatic imine (C=N–C) groups is 1. The first kappa shape index (κ1) is 40.9. The van der Waals surface area contributed by atoms with Gasteiger partial charge in [-0.25, -0.2) is 13.9 Å². The number of ether oxygens (including phenoxy) is 4. The first-order valence-corrected chi connectivity index (χ1v) is 18.5. The van der Waals surface area contributed by atoms with Crippen molar-refractivity contribution in [1.82, 2.24) is 10.1 Å². The van der Waals surface area contributed by atoms with E-state index < -0.39 is 92.4 Å². The number of rotatable bonds is 16. The number of hydrogen-bond donors (Lipinski definition) is 3. The number of benzene rings is 1. The SMILES string of the molecule is CC(C)C(=O)O[C@H]1[C@H](C2C(C)C=C3C(N)=NC=NN32)O[C@](CF)(COP(=O)(N[C@@H](C)C(=O)OCC(C)(C)O)Oc2ccccc2)[C@H]1OC(=O)C(C)C. The normalized spacial score (nSPS) is 27.4. The Morgan fingerprint density at radius 3 is 2.33 bits per heavy atom. The lowest BCUT2D eigenvalue weighted by Gasteiger charge is -2.35. The van der Waals surface area contributed by atoms with Crippen molar-refractivity contribution >= 4 is 37.8 Å². The number of hydrazone groups is 1. The Morgan fingerprint density at radius 1 is 1.10 bits per heavy atom. The van der Waals surface area contributed by atoms with Crippen molar-refractivity contribution in [3.05, 3.63) is 42.1 Å². The summed E-state index contributed by atoms with van der Waals surface area (Å²) in [7, 11) is -4.64. The van der Waals surface area contributed by atoms with E-state index >= 15 is 4.39 Å². The van der Waals surface area contributed by atoms with Crippen LogP contribution in [-0.4, -0.2) is 102 Å². The lowest BCUT2D eigenvalue weighted by atomic mass is 9.90. The highest BCUT2D eigenvalue weighted by Crippen LogP contribution is 2.49. The molecule has 1 aromatic carbocycles. The number of esters is 3. The summed E-state index contributed by atoms with van der Waals surface area (Å²) in [5.74, 6) is -3.80. The van der Waals surface area contributed by atoms with E-state index in [-0.39, 0.29) is 24.1 Å². The topological polar surface area (TPSA) is 210 Å². The molecule has 1 fully saturated rings. The summed E-state index contributed by atoms with van der Waals surface area (Å²) in [5.41, 5.74) is 3.02. The summed E-state index contributed by atoms with van der Waals surface area (Å²) in [5, 5.41) is 18.4. The highest BCUT2D eigenvalue weighted by atomic mass is 31.2. The Kier molecular flexibility index (Phi) is 12.9. The van der Waals surface area contributed by atoms with Crippen molar-refractivity contribution in [3.8, 4) is 5.75 Å². The van der Waals surface area contributed by atoms with E-state index in [9.17, 15) is 24.1 Å². The Bertz CT molecular complexity index is 1600. The van der Waals surface area contributed by atoms with Gasteiger partial charge in [0, 0.05) is 5.92 Å². The molecule has 0 spiro atoms. The van der Waals surface area contributed by atoms with Crippen LogP contribution in [0.5, 0.6) is 5.75 Å². The Hall–Kier alpha value is -3.89. The largest absolute Gasteiger partial charge is 0.461 e. The Morgan fingerprint density at radius 2 is 1.73 bits per heavy atom. The van der Waals surface area contributed by atoms with Crippen LogP contribution >= 0.6 is 7.75 Å². The molecular weight excluding hydrogens is 704 g/mol. The second-order valence-corrected chi connectivity index (χ2v) is 16.0. The fourth-order valence-electron chi connectivity index (χ4n) is 5.60. The first-order chi connectivity index (χ1) is 24.3. The zero-order valence-electron chi connectivity index (χ0n) is 30.6. The minimum absolute atomic E-state index is 0.0713. The summed E-state index contributed by atoms with van der Waals surface area (Å²) in [6, 6.07) is 5.78. The fraction of sp³-hybridized carbons (Fsp3) is 0.618. The van der Waals surface area contributed by atoms with Gasteiger partial charge in [0.25, 0.3) is 0 Å². The molecule has 52 heavy (non-hydrogen) atoms. The van der Waals surface area contributed by atoms with Gasteiger partial charge in [0.1, 0.15) is 37.5 Å². The highest BCUT2D eigenvalue weighted by molar-refractivity contribution is 7.52. The molecule has 3 heterocycles. The predicted molar refractivity (Wildman–Crippen MR) is 186 cm³/mol. The number of nitrogens with one attached hydrogen (secondary N) is 1. The molecular formula is C34H49FN5O11P. The van der Waals surface area contributed by atoms with Crippen molar-refractivity contribution < 1.29 is 56.4 Å². The quantitative estimate of drug-likeness (QED) is 0.126. The van der Waals surface area contributed by atoms with E-state index in [1.54, 1.807) is 52.0 Å². The molecule has 4 rings (SSSR count). The molecule has 8 atom stereocenters. The van der Waals surface area contributed by atoms with Crippen LogP contribution in [0, 0.1) is 17.8 Å². The van der Waals surface area contributed by atoms with Gasteiger partial charge >= 0.3 is 25.7 Å². The average molecular weight is 754 g/mol. The number of nitrogens with two attached hydrogens (primary N) is 1. The van der Waals surface area contributed by atoms with Gasteiger partial charge in [-0.1, -0.05) is 58.9 Å². The molecule has 3 aliphatic heterocycles. The van der Waals surface area contributed by atoms with E-state index in [1.807, 2.05) is 6.92 Å². The summed E-state index contributed by atoms with van der Waals surface area (Å²) in [6.45, 7) is 9.76. The smallest absolute Gasteiger partial charge is 0.459 e. The van der Waals surface area contributed by atoms with Crippen LogP contribution in [0.4, 0.5) is 4.39 Å². The number of aliphatic hydroxyl groups is 1. The van der Waals surface area contributed by atoms with E-state index in [1.165, 1.54) is 44.3 Å². The molecule has 0 amide bonds. The molecule has 0 radical (unpaired) electrons. The van der Waals surface area contributed by atoms with E-state index in [0.717, 1.165) is 0 Å². The van der Waals surface area contributed by atoms with Crippen LogP contribution in [0.25, 0.3) is 0 Å². The second kappa shape index (κ2) is 16.4. The molecule has 0 saturated carbocycles. The number of nitrogens with zero attached hydrogens (tertiary/aromatic N) is 3. The van der Waals surface area contributed by atoms with Gasteiger partial charge in [0.15, 0.2) is 23.6 Å². The monoisotopic (exact) mass is 753 g/mol. The molecule has 0 aliphatic carbocycles. The number of alkyl halides is 1. The first-order valence-electron chi connectivity index (χ1n) is 17.0. The van der Waals surface area contributed by atoms with Gasteiger partial charge in [-0.3, -0.25) is 23.9 Å². The Balaban J connectivity index is 1.74. The zero-order chi connectivity index (χ0) is 38.6. The second-order valence-electron chi connectivity index (χ2n) is 14.3. The molecule has 1 aromatic rings. The van der Waals surface area contributed by atoms with Crippen molar-refractivity contribution in [2.45, 2.75) is 97.0 Å². The molecule has 16 nitrogen and oxygen atoms in total. The van der Waals surface area contributed by atoms with E-state index in [2.05, 4.69) is 15.2 Å². The van der Waals surface area contributed by atoms with Crippen LogP contribution in [0.1, 0.15) is 55.4 Å². The highest BCUT2D eigenvalue weighted by Gasteiger charge is 2.64. The van der Waals surface area contributed by atoms with Crippen LogP contribution in [0.15, 0.2) is 52.2 Å². The van der Waals surface area contributed by atoms with Gasteiger partial charge in [-0.15, -0.1) is 0 Å². The number of para-hydroxylation sites is 1.